The maximum atomic E-state index is 12.4. The van der Waals surface area contributed by atoms with E-state index in [-0.39, 0.29) is 42.8 Å². The molecule has 0 aromatic heterocycles. The molecule has 0 rings (SSSR count). The molecule has 0 aromatic carbocycles. The molecule has 0 aliphatic carbocycles. The molecule has 0 spiro atoms. The molecule has 0 N–H and O–H groups in total. The first-order valence-electron chi connectivity index (χ1n) is 7.86. The van der Waals surface area contributed by atoms with Crippen LogP contribution in [0.3, 0.4) is 0 Å². The van der Waals surface area contributed by atoms with E-state index in [1.165, 1.54) is 13.8 Å². The number of carbonyl (C=O) groups is 4. The zero-order valence-corrected chi connectivity index (χ0v) is 19.6. The van der Waals surface area contributed by atoms with Crippen molar-refractivity contribution < 1.29 is 77.1 Å². The fraction of sp³-hybridized carbons (Fsp3) is 0.714. The summed E-state index contributed by atoms with van der Waals surface area (Å²) in [5, 5.41) is 0. The summed E-state index contributed by atoms with van der Waals surface area (Å²) >= 11 is 0. The molecule has 0 unspecified atom stereocenters. The van der Waals surface area contributed by atoms with Crippen LogP contribution >= 0.6 is 7.37 Å². The molecule has 0 radical (unpaired) electrons. The van der Waals surface area contributed by atoms with Gasteiger partial charge in [-0.2, -0.15) is 0 Å². The van der Waals surface area contributed by atoms with Crippen molar-refractivity contribution >= 4 is 31.5 Å². The first-order valence-corrected chi connectivity index (χ1v) is 9.85. The summed E-state index contributed by atoms with van der Waals surface area (Å²) < 4.78 is 30.7. The van der Waals surface area contributed by atoms with Gasteiger partial charge in [0.2, 0.25) is 0 Å². The summed E-state index contributed by atoms with van der Waals surface area (Å²) in [6, 6.07) is 0. The molecule has 2 amide bonds. The fourth-order valence-corrected chi connectivity index (χ4v) is 3.34. The number of rotatable bonds is 10. The zero-order valence-electron chi connectivity index (χ0n) is 16.7. The van der Waals surface area contributed by atoms with Crippen molar-refractivity contribution in [3.8, 4) is 0 Å². The fourth-order valence-electron chi connectivity index (χ4n) is 1.78. The number of methoxy groups -OCH3 is 2. The van der Waals surface area contributed by atoms with E-state index >= 15 is 0 Å². The Kier molecular flexibility index (Phi) is 15.1. The van der Waals surface area contributed by atoms with Crippen LogP contribution in [0.25, 0.3) is 0 Å². The van der Waals surface area contributed by atoms with Crippen LogP contribution in [0.5, 0.6) is 0 Å². The van der Waals surface area contributed by atoms with E-state index in [2.05, 4.69) is 9.47 Å². The summed E-state index contributed by atoms with van der Waals surface area (Å²) in [6.07, 6.45) is -3.93. The standard InChI is InChI=1S/C14H25N2O10P.Na/c1-5-25-13(19)15(7-11(17)23-3)9-27(21,22)10-16(8-12(18)24-4)14(20)26-6-2;/h5-10H2,1-4H3,(H,21,22);/q;+1/p-1. The van der Waals surface area contributed by atoms with Crippen LogP contribution in [0.15, 0.2) is 0 Å². The van der Waals surface area contributed by atoms with Crippen molar-refractivity contribution in [1.82, 2.24) is 9.80 Å². The summed E-state index contributed by atoms with van der Waals surface area (Å²) in [5.41, 5.74) is 0. The van der Waals surface area contributed by atoms with Gasteiger partial charge in [-0.1, -0.05) is 0 Å². The second kappa shape index (κ2) is 14.6. The van der Waals surface area contributed by atoms with Crippen molar-refractivity contribution in [2.24, 2.45) is 0 Å². The summed E-state index contributed by atoms with van der Waals surface area (Å²) in [5.74, 6) is -1.72. The molecule has 0 saturated heterocycles. The van der Waals surface area contributed by atoms with Gasteiger partial charge in [0.05, 0.1) is 47.4 Å². The average molecular weight is 434 g/mol. The van der Waals surface area contributed by atoms with Crippen molar-refractivity contribution in [2.45, 2.75) is 13.8 Å². The molecule has 0 aliphatic rings. The van der Waals surface area contributed by atoms with E-state index in [4.69, 9.17) is 9.47 Å². The monoisotopic (exact) mass is 434 g/mol. The summed E-state index contributed by atoms with van der Waals surface area (Å²) in [7, 11) is -2.37. The van der Waals surface area contributed by atoms with Crippen LogP contribution < -0.4 is 34.5 Å². The average Bonchev–Trinajstić information content (AvgIpc) is 2.60. The Morgan fingerprint density at radius 3 is 1.39 bits per heavy atom. The second-order valence-electron chi connectivity index (χ2n) is 5.04. The van der Waals surface area contributed by atoms with Crippen molar-refractivity contribution in [2.75, 3.05) is 53.1 Å². The normalized spacial score (nSPS) is 10.2. The molecule has 0 saturated carbocycles. The molecule has 0 bridgehead atoms. The van der Waals surface area contributed by atoms with E-state index in [0.717, 1.165) is 14.2 Å². The molecule has 0 heterocycles. The number of amides is 2. The molecular weight excluding hydrogens is 410 g/mol. The van der Waals surface area contributed by atoms with Gasteiger partial charge in [-0.15, -0.1) is 0 Å². The molecule has 156 valence electrons. The Bertz CT molecular complexity index is 542. The summed E-state index contributed by atoms with van der Waals surface area (Å²) in [4.78, 5) is 60.2. The number of hydrogen-bond acceptors (Lipinski definition) is 10. The molecule has 28 heavy (non-hydrogen) atoms. The first-order chi connectivity index (χ1) is 12.6. The van der Waals surface area contributed by atoms with Crippen molar-refractivity contribution in [3.63, 3.8) is 0 Å². The predicted molar refractivity (Wildman–Crippen MR) is 88.8 cm³/mol. The van der Waals surface area contributed by atoms with Gasteiger partial charge in [0.1, 0.15) is 13.1 Å². The molecule has 0 atom stereocenters. The quantitative estimate of drug-likeness (QED) is 0.149. The Hall–Kier alpha value is -1.33. The molecule has 12 nitrogen and oxygen atoms in total. The van der Waals surface area contributed by atoms with Gasteiger partial charge < -0.3 is 28.4 Å². The van der Waals surface area contributed by atoms with Crippen LogP contribution in [-0.2, 0) is 33.1 Å². The minimum absolute atomic E-state index is 0. The van der Waals surface area contributed by atoms with Gasteiger partial charge in [-0.25, -0.2) is 9.59 Å². The van der Waals surface area contributed by atoms with Gasteiger partial charge >= 0.3 is 53.7 Å². The van der Waals surface area contributed by atoms with Crippen molar-refractivity contribution in [3.05, 3.63) is 0 Å². The Morgan fingerprint density at radius 1 is 0.821 bits per heavy atom. The van der Waals surface area contributed by atoms with E-state index < -0.39 is 57.2 Å². The first kappa shape index (κ1) is 28.9. The molecule has 14 heteroatoms. The van der Waals surface area contributed by atoms with Crippen LogP contribution in [-0.4, -0.2) is 87.0 Å². The third kappa shape index (κ3) is 11.5. The predicted octanol–water partition coefficient (Wildman–Crippen LogP) is -3.19. The summed E-state index contributed by atoms with van der Waals surface area (Å²) in [6.45, 7) is 1.58. The van der Waals surface area contributed by atoms with Gasteiger partial charge in [0.15, 0.2) is 0 Å². The topological polar surface area (TPSA) is 152 Å². The van der Waals surface area contributed by atoms with Crippen LogP contribution in [0, 0.1) is 0 Å². The van der Waals surface area contributed by atoms with Gasteiger partial charge in [0, 0.05) is 0 Å². The number of carbonyl (C=O) groups excluding carboxylic acids is 4. The maximum absolute atomic E-state index is 12.4. The number of hydrogen-bond donors (Lipinski definition) is 0. The number of nitrogens with zero attached hydrogens (tertiary/aromatic N) is 2. The SMILES string of the molecule is CCOC(=O)N(CC(=O)OC)CP(=O)([O-])CN(CC(=O)OC)C(=O)OCC.[Na+]. The Labute approximate surface area is 185 Å². The smallest absolute Gasteiger partial charge is 0.797 e. The molecule has 0 aromatic rings. The number of esters is 2. The van der Waals surface area contributed by atoms with E-state index in [1.807, 2.05) is 0 Å². The van der Waals surface area contributed by atoms with Gasteiger partial charge in [0.25, 0.3) is 0 Å². The van der Waals surface area contributed by atoms with E-state index in [0.29, 0.717) is 9.80 Å². The van der Waals surface area contributed by atoms with Crippen LogP contribution in [0.4, 0.5) is 9.59 Å². The van der Waals surface area contributed by atoms with Crippen LogP contribution in [0.2, 0.25) is 0 Å². The third-order valence-corrected chi connectivity index (χ3v) is 4.46. The largest absolute Gasteiger partial charge is 1.00 e. The zero-order chi connectivity index (χ0) is 21.0. The minimum Gasteiger partial charge on any atom is -0.797 e. The van der Waals surface area contributed by atoms with Crippen molar-refractivity contribution in [1.29, 1.82) is 0 Å². The maximum Gasteiger partial charge on any atom is 1.00 e. The Morgan fingerprint density at radius 2 is 1.14 bits per heavy atom. The molecule has 0 fully saturated rings. The second-order valence-corrected chi connectivity index (χ2v) is 7.24. The third-order valence-electron chi connectivity index (χ3n) is 2.92. The Balaban J connectivity index is 0. The molecular formula is C14H24N2NaO10P. The number of ether oxygens (including phenoxy) is 4. The van der Waals surface area contributed by atoms with Gasteiger partial charge in [-0.05, 0) is 13.8 Å². The van der Waals surface area contributed by atoms with E-state index in [1.54, 1.807) is 0 Å². The van der Waals surface area contributed by atoms with E-state index in [9.17, 15) is 28.6 Å². The molecule has 0 aliphatic heterocycles. The van der Waals surface area contributed by atoms with Crippen LogP contribution in [0.1, 0.15) is 13.8 Å². The minimum atomic E-state index is -4.51. The van der Waals surface area contributed by atoms with Gasteiger partial charge in [-0.3, -0.25) is 19.4 Å².